The van der Waals surface area contributed by atoms with Crippen LogP contribution < -0.4 is 0 Å². The minimum Gasteiger partial charge on any atom is -0.445 e. The summed E-state index contributed by atoms with van der Waals surface area (Å²) in [6, 6.07) is 9.59. The number of ether oxygens (including phenoxy) is 1. The first-order valence-electron chi connectivity index (χ1n) is 6.02. The third-order valence-corrected chi connectivity index (χ3v) is 2.33. The van der Waals surface area contributed by atoms with Crippen LogP contribution in [0.3, 0.4) is 0 Å². The maximum Gasteiger partial charge on any atom is 0.410 e. The second-order valence-corrected chi connectivity index (χ2v) is 4.52. The minimum absolute atomic E-state index is 0.277. The SMILES string of the molecule is C#CCN(CC(C)C)C(=O)OCc1ccccc1. The van der Waals surface area contributed by atoms with E-state index in [2.05, 4.69) is 5.92 Å². The fourth-order valence-electron chi connectivity index (χ4n) is 1.57. The summed E-state index contributed by atoms with van der Waals surface area (Å²) in [6.07, 6.45) is 4.89. The number of amides is 1. The van der Waals surface area contributed by atoms with Gasteiger partial charge >= 0.3 is 6.09 Å². The first-order chi connectivity index (χ1) is 8.63. The minimum atomic E-state index is -0.356. The van der Waals surface area contributed by atoms with Crippen LogP contribution in [-0.2, 0) is 11.3 Å². The topological polar surface area (TPSA) is 29.5 Å². The Hall–Kier alpha value is -1.95. The molecule has 0 unspecified atom stereocenters. The summed E-state index contributed by atoms with van der Waals surface area (Å²) in [7, 11) is 0. The Morgan fingerprint density at radius 3 is 2.61 bits per heavy atom. The fourth-order valence-corrected chi connectivity index (χ4v) is 1.57. The third-order valence-electron chi connectivity index (χ3n) is 2.33. The van der Waals surface area contributed by atoms with Crippen molar-refractivity contribution in [2.45, 2.75) is 20.5 Å². The van der Waals surface area contributed by atoms with E-state index in [4.69, 9.17) is 11.2 Å². The van der Waals surface area contributed by atoms with Crippen LogP contribution in [0, 0.1) is 18.3 Å². The van der Waals surface area contributed by atoms with Crippen LogP contribution in [0.2, 0.25) is 0 Å². The lowest BCUT2D eigenvalue weighted by molar-refractivity contribution is 0.0968. The first kappa shape index (κ1) is 14.1. The number of hydrogen-bond donors (Lipinski definition) is 0. The van der Waals surface area contributed by atoms with Crippen molar-refractivity contribution in [2.24, 2.45) is 5.92 Å². The molecule has 0 radical (unpaired) electrons. The van der Waals surface area contributed by atoms with Crippen molar-refractivity contribution in [1.82, 2.24) is 4.90 Å². The normalized spacial score (nSPS) is 9.89. The predicted octanol–water partition coefficient (Wildman–Crippen LogP) is 2.91. The number of carbonyl (C=O) groups excluding carboxylic acids is 1. The summed E-state index contributed by atoms with van der Waals surface area (Å²) < 4.78 is 5.24. The highest BCUT2D eigenvalue weighted by Crippen LogP contribution is 2.05. The van der Waals surface area contributed by atoms with E-state index in [0.717, 1.165) is 5.56 Å². The molecule has 0 aliphatic carbocycles. The number of benzene rings is 1. The van der Waals surface area contributed by atoms with E-state index >= 15 is 0 Å². The maximum absolute atomic E-state index is 11.9. The van der Waals surface area contributed by atoms with Crippen LogP contribution in [0.5, 0.6) is 0 Å². The van der Waals surface area contributed by atoms with Gasteiger partial charge in [0.15, 0.2) is 0 Å². The zero-order chi connectivity index (χ0) is 13.4. The molecule has 18 heavy (non-hydrogen) atoms. The molecule has 0 saturated heterocycles. The molecule has 0 fully saturated rings. The summed E-state index contributed by atoms with van der Waals surface area (Å²) in [5, 5.41) is 0. The second kappa shape index (κ2) is 7.39. The Morgan fingerprint density at radius 2 is 2.06 bits per heavy atom. The van der Waals surface area contributed by atoms with Gasteiger partial charge in [-0.05, 0) is 11.5 Å². The van der Waals surface area contributed by atoms with Crippen LogP contribution in [0.4, 0.5) is 4.79 Å². The highest BCUT2D eigenvalue weighted by atomic mass is 16.6. The lowest BCUT2D eigenvalue weighted by Crippen LogP contribution is -2.34. The summed E-state index contributed by atoms with van der Waals surface area (Å²) in [5.74, 6) is 2.84. The molecule has 3 heteroatoms. The zero-order valence-corrected chi connectivity index (χ0v) is 10.9. The number of hydrogen-bond acceptors (Lipinski definition) is 2. The van der Waals surface area contributed by atoms with E-state index in [9.17, 15) is 4.79 Å². The Bertz CT molecular complexity index is 406. The van der Waals surface area contributed by atoms with Crippen LogP contribution in [0.1, 0.15) is 19.4 Å². The lowest BCUT2D eigenvalue weighted by Gasteiger charge is -2.21. The lowest BCUT2D eigenvalue weighted by atomic mass is 10.2. The van der Waals surface area contributed by atoms with Gasteiger partial charge < -0.3 is 4.74 Å². The van der Waals surface area contributed by atoms with Gasteiger partial charge in [0.05, 0.1) is 6.54 Å². The zero-order valence-electron chi connectivity index (χ0n) is 10.9. The van der Waals surface area contributed by atoms with E-state index in [1.54, 1.807) is 4.90 Å². The van der Waals surface area contributed by atoms with Crippen LogP contribution in [0.25, 0.3) is 0 Å². The number of terminal acetylenes is 1. The molecule has 1 aromatic rings. The smallest absolute Gasteiger partial charge is 0.410 e. The van der Waals surface area contributed by atoms with Gasteiger partial charge in [-0.3, -0.25) is 4.90 Å². The number of rotatable bonds is 5. The molecule has 0 heterocycles. The highest BCUT2D eigenvalue weighted by molar-refractivity contribution is 5.68. The van der Waals surface area contributed by atoms with Gasteiger partial charge in [0.1, 0.15) is 6.61 Å². The molecule has 0 atom stereocenters. The molecule has 1 aromatic carbocycles. The van der Waals surface area contributed by atoms with Crippen molar-refractivity contribution in [3.8, 4) is 12.3 Å². The first-order valence-corrected chi connectivity index (χ1v) is 6.02. The van der Waals surface area contributed by atoms with Gasteiger partial charge in [0.2, 0.25) is 0 Å². The molecule has 96 valence electrons. The molecule has 0 aliphatic rings. The van der Waals surface area contributed by atoms with Crippen LogP contribution in [-0.4, -0.2) is 24.1 Å². The summed E-state index contributed by atoms with van der Waals surface area (Å²) in [6.45, 7) is 5.24. The number of carbonyl (C=O) groups is 1. The van der Waals surface area contributed by atoms with Crippen molar-refractivity contribution >= 4 is 6.09 Å². The largest absolute Gasteiger partial charge is 0.445 e. The average molecular weight is 245 g/mol. The Balaban J connectivity index is 2.49. The van der Waals surface area contributed by atoms with E-state index in [1.165, 1.54) is 0 Å². The molecule has 0 aliphatic heterocycles. The average Bonchev–Trinajstić information content (AvgIpc) is 2.36. The molecule has 3 nitrogen and oxygen atoms in total. The van der Waals surface area contributed by atoms with Crippen molar-refractivity contribution < 1.29 is 9.53 Å². The highest BCUT2D eigenvalue weighted by Gasteiger charge is 2.15. The second-order valence-electron chi connectivity index (χ2n) is 4.52. The van der Waals surface area contributed by atoms with Gasteiger partial charge in [0, 0.05) is 6.54 Å². The molecule has 0 saturated carbocycles. The van der Waals surface area contributed by atoms with Gasteiger partial charge in [-0.1, -0.05) is 50.1 Å². The van der Waals surface area contributed by atoms with Gasteiger partial charge in [-0.15, -0.1) is 6.42 Å². The molecule has 0 spiro atoms. The van der Waals surface area contributed by atoms with Gasteiger partial charge in [-0.25, -0.2) is 4.79 Å². The van der Waals surface area contributed by atoms with E-state index in [1.807, 2.05) is 44.2 Å². The van der Waals surface area contributed by atoms with Crippen molar-refractivity contribution in [3.63, 3.8) is 0 Å². The Labute approximate surface area is 109 Å². The quantitative estimate of drug-likeness (QED) is 0.746. The Kier molecular flexibility index (Phi) is 5.79. The Morgan fingerprint density at radius 1 is 1.39 bits per heavy atom. The molecule has 0 N–H and O–H groups in total. The standard InChI is InChI=1S/C15H19NO2/c1-4-10-16(11-13(2)3)15(17)18-12-14-8-6-5-7-9-14/h1,5-9,13H,10-12H2,2-3H3. The molecule has 0 aromatic heterocycles. The van der Waals surface area contributed by atoms with Crippen molar-refractivity contribution in [1.29, 1.82) is 0 Å². The van der Waals surface area contributed by atoms with Crippen molar-refractivity contribution in [2.75, 3.05) is 13.1 Å². The van der Waals surface area contributed by atoms with Crippen LogP contribution >= 0.6 is 0 Å². The van der Waals surface area contributed by atoms with E-state index in [0.29, 0.717) is 12.5 Å². The van der Waals surface area contributed by atoms with E-state index < -0.39 is 0 Å². The third kappa shape index (κ3) is 4.92. The number of nitrogens with zero attached hydrogens (tertiary/aromatic N) is 1. The molecule has 1 amide bonds. The molecule has 0 bridgehead atoms. The summed E-state index contributed by atoms with van der Waals surface area (Å²) in [5.41, 5.74) is 0.969. The maximum atomic E-state index is 11.9. The predicted molar refractivity (Wildman–Crippen MR) is 71.9 cm³/mol. The molecular weight excluding hydrogens is 226 g/mol. The summed E-state index contributed by atoms with van der Waals surface area (Å²) >= 11 is 0. The van der Waals surface area contributed by atoms with E-state index in [-0.39, 0.29) is 19.2 Å². The molecule has 1 rings (SSSR count). The van der Waals surface area contributed by atoms with Gasteiger partial charge in [0.25, 0.3) is 0 Å². The van der Waals surface area contributed by atoms with Crippen molar-refractivity contribution in [3.05, 3.63) is 35.9 Å². The molecular formula is C15H19NO2. The monoisotopic (exact) mass is 245 g/mol. The fraction of sp³-hybridized carbons (Fsp3) is 0.400. The van der Waals surface area contributed by atoms with Gasteiger partial charge in [-0.2, -0.15) is 0 Å². The summed E-state index contributed by atoms with van der Waals surface area (Å²) in [4.78, 5) is 13.4. The van der Waals surface area contributed by atoms with Crippen LogP contribution in [0.15, 0.2) is 30.3 Å².